The maximum atomic E-state index is 15.3. The van der Waals surface area contributed by atoms with Gasteiger partial charge in [-0.15, -0.1) is 0 Å². The second-order valence-corrected chi connectivity index (χ2v) is 13.4. The van der Waals surface area contributed by atoms with Crippen molar-refractivity contribution in [3.05, 3.63) is 59.4 Å². The van der Waals surface area contributed by atoms with Gasteiger partial charge in [-0.3, -0.25) is 0 Å². The first kappa shape index (κ1) is 24.4. The fourth-order valence-electron chi connectivity index (χ4n) is 7.09. The molecule has 2 aromatic carbocycles. The lowest BCUT2D eigenvalue weighted by molar-refractivity contribution is 0.160. The van der Waals surface area contributed by atoms with Crippen LogP contribution >= 0.6 is 0 Å². The average molecular weight is 451 g/mol. The first-order valence-electron chi connectivity index (χ1n) is 12.6. The van der Waals surface area contributed by atoms with E-state index in [1.165, 1.54) is 5.56 Å². The molecule has 2 heterocycles. The summed E-state index contributed by atoms with van der Waals surface area (Å²) in [5, 5.41) is 7.48. The largest absolute Gasteiger partial charge is 0.307 e. The molecule has 0 amide bonds. The maximum Gasteiger partial charge on any atom is 0.127 e. The average Bonchev–Trinajstić information content (AvgIpc) is 2.63. The molecule has 4 rings (SSSR count). The van der Waals surface area contributed by atoms with Crippen LogP contribution in [-0.4, -0.2) is 22.2 Å². The molecule has 2 fully saturated rings. The smallest absolute Gasteiger partial charge is 0.127 e. The molecule has 2 aliphatic heterocycles. The van der Waals surface area contributed by atoms with Gasteiger partial charge in [-0.2, -0.15) is 0 Å². The van der Waals surface area contributed by atoms with Gasteiger partial charge in [0.2, 0.25) is 0 Å². The lowest BCUT2D eigenvalue weighted by Gasteiger charge is -2.47. The third-order valence-electron chi connectivity index (χ3n) is 7.54. The van der Waals surface area contributed by atoms with Crippen LogP contribution in [0.1, 0.15) is 104 Å². The Hall–Kier alpha value is -1.71. The molecule has 0 spiro atoms. The fraction of sp³-hybridized carbons (Fsp3) is 0.600. The van der Waals surface area contributed by atoms with Gasteiger partial charge in [0.15, 0.2) is 0 Å². The van der Waals surface area contributed by atoms with E-state index in [-0.39, 0.29) is 33.9 Å². The van der Waals surface area contributed by atoms with Crippen LogP contribution in [-0.2, 0) is 0 Å². The minimum atomic E-state index is -0.0723. The predicted octanol–water partition coefficient (Wildman–Crippen LogP) is 7.54. The van der Waals surface area contributed by atoms with Crippen molar-refractivity contribution in [1.82, 2.24) is 10.6 Å². The summed E-state index contributed by atoms with van der Waals surface area (Å²) in [5.74, 6) is 0.701. The molecule has 0 aromatic heterocycles. The van der Waals surface area contributed by atoms with Crippen LogP contribution in [0.3, 0.4) is 0 Å². The van der Waals surface area contributed by atoms with Gasteiger partial charge in [-0.05, 0) is 121 Å². The number of piperidine rings is 2. The Morgan fingerprint density at radius 3 is 1.48 bits per heavy atom. The molecule has 2 saturated heterocycles. The quantitative estimate of drug-likeness (QED) is 0.505. The van der Waals surface area contributed by atoms with Crippen molar-refractivity contribution in [1.29, 1.82) is 0 Å². The van der Waals surface area contributed by atoms with Gasteiger partial charge in [0.1, 0.15) is 5.82 Å². The predicted molar refractivity (Wildman–Crippen MR) is 138 cm³/mol. The number of rotatable bonds is 3. The minimum absolute atomic E-state index is 0.00509. The van der Waals surface area contributed by atoms with Crippen LogP contribution in [0.4, 0.5) is 4.39 Å². The van der Waals surface area contributed by atoms with Crippen molar-refractivity contribution >= 4 is 0 Å². The fourth-order valence-corrected chi connectivity index (χ4v) is 7.09. The Labute approximate surface area is 200 Å². The van der Waals surface area contributed by atoms with E-state index in [1.54, 1.807) is 6.07 Å². The Morgan fingerprint density at radius 1 is 0.606 bits per heavy atom. The van der Waals surface area contributed by atoms with Crippen LogP contribution in [0, 0.1) is 5.82 Å². The third kappa shape index (κ3) is 5.69. The van der Waals surface area contributed by atoms with E-state index in [0.29, 0.717) is 5.92 Å². The van der Waals surface area contributed by atoms with E-state index < -0.39 is 0 Å². The second-order valence-electron chi connectivity index (χ2n) is 13.4. The summed E-state index contributed by atoms with van der Waals surface area (Å²) in [6, 6.07) is 14.7. The Kier molecular flexibility index (Phi) is 6.07. The van der Waals surface area contributed by atoms with Gasteiger partial charge < -0.3 is 10.6 Å². The van der Waals surface area contributed by atoms with Gasteiger partial charge in [-0.25, -0.2) is 4.39 Å². The van der Waals surface area contributed by atoms with E-state index >= 15 is 4.39 Å². The van der Waals surface area contributed by atoms with Crippen LogP contribution in [0.25, 0.3) is 11.1 Å². The Bertz CT molecular complexity index is 968. The monoisotopic (exact) mass is 450 g/mol. The van der Waals surface area contributed by atoms with Gasteiger partial charge in [0.25, 0.3) is 0 Å². The molecule has 180 valence electrons. The van der Waals surface area contributed by atoms with Gasteiger partial charge in [0.05, 0.1) is 0 Å². The summed E-state index contributed by atoms with van der Waals surface area (Å²) < 4.78 is 15.3. The Balaban J connectivity index is 1.54. The number of halogens is 1. The van der Waals surface area contributed by atoms with Crippen molar-refractivity contribution < 1.29 is 4.39 Å². The zero-order valence-electron chi connectivity index (χ0n) is 21.9. The second kappa shape index (κ2) is 8.20. The number of hydrogen-bond acceptors (Lipinski definition) is 2. The molecule has 0 saturated carbocycles. The molecule has 3 heteroatoms. The summed E-state index contributed by atoms with van der Waals surface area (Å²) in [4.78, 5) is 0. The Morgan fingerprint density at radius 2 is 1.03 bits per heavy atom. The summed E-state index contributed by atoms with van der Waals surface area (Å²) in [5.41, 5.74) is 4.55. The molecule has 2 N–H and O–H groups in total. The molecule has 2 aliphatic rings. The molecule has 2 nitrogen and oxygen atoms in total. The number of nitrogens with one attached hydrogen (secondary N) is 2. The van der Waals surface area contributed by atoms with Crippen LogP contribution in [0.2, 0.25) is 0 Å². The van der Waals surface area contributed by atoms with E-state index in [2.05, 4.69) is 96.4 Å². The van der Waals surface area contributed by atoms with Crippen molar-refractivity contribution in [2.45, 2.75) is 115 Å². The minimum Gasteiger partial charge on any atom is -0.307 e. The normalized spacial score (nSPS) is 24.5. The van der Waals surface area contributed by atoms with Crippen molar-refractivity contribution in [2.75, 3.05) is 0 Å². The zero-order chi connectivity index (χ0) is 24.2. The van der Waals surface area contributed by atoms with Crippen molar-refractivity contribution in [2.24, 2.45) is 0 Å². The highest BCUT2D eigenvalue weighted by Crippen LogP contribution is 2.42. The summed E-state index contributed by atoms with van der Waals surface area (Å²) in [6.45, 7) is 18.1. The molecular weight excluding hydrogens is 407 g/mol. The van der Waals surface area contributed by atoms with Gasteiger partial charge >= 0.3 is 0 Å². The molecule has 0 aliphatic carbocycles. The highest BCUT2D eigenvalue weighted by atomic mass is 19.1. The third-order valence-corrected chi connectivity index (χ3v) is 7.54. The molecule has 0 bridgehead atoms. The van der Waals surface area contributed by atoms with E-state index in [9.17, 15) is 0 Å². The summed E-state index contributed by atoms with van der Waals surface area (Å²) in [6.07, 6.45) is 4.15. The lowest BCUT2D eigenvalue weighted by Crippen LogP contribution is -2.57. The highest BCUT2D eigenvalue weighted by Gasteiger charge is 2.39. The first-order chi connectivity index (χ1) is 15.1. The molecule has 2 aromatic rings. The highest BCUT2D eigenvalue weighted by molar-refractivity contribution is 5.64. The topological polar surface area (TPSA) is 24.1 Å². The van der Waals surface area contributed by atoms with Crippen molar-refractivity contribution in [3.63, 3.8) is 0 Å². The molecule has 0 radical (unpaired) electrons. The van der Waals surface area contributed by atoms with E-state index in [1.807, 2.05) is 6.07 Å². The molecule has 33 heavy (non-hydrogen) atoms. The zero-order valence-corrected chi connectivity index (χ0v) is 21.9. The summed E-state index contributed by atoms with van der Waals surface area (Å²) in [7, 11) is 0. The molecular formula is C30H43FN2. The van der Waals surface area contributed by atoms with Crippen LogP contribution in [0.15, 0.2) is 42.5 Å². The van der Waals surface area contributed by atoms with Crippen LogP contribution in [0.5, 0.6) is 0 Å². The number of hydrogen-bond donors (Lipinski definition) is 2. The van der Waals surface area contributed by atoms with Crippen molar-refractivity contribution in [3.8, 4) is 11.1 Å². The van der Waals surface area contributed by atoms with Gasteiger partial charge in [0, 0.05) is 22.2 Å². The first-order valence-corrected chi connectivity index (χ1v) is 12.6. The van der Waals surface area contributed by atoms with Crippen LogP contribution < -0.4 is 10.6 Å². The summed E-state index contributed by atoms with van der Waals surface area (Å²) >= 11 is 0. The van der Waals surface area contributed by atoms with E-state index in [4.69, 9.17) is 0 Å². The number of benzene rings is 2. The van der Waals surface area contributed by atoms with Gasteiger partial charge in [-0.1, -0.05) is 36.4 Å². The standard InChI is InChI=1S/C30H43FN2/c1-27(2)16-23(17-28(3,4)32-27)21-11-9-20(10-12-21)22-13-14-25(26(31)15-22)24-18-29(5,6)33-30(7,8)19-24/h9-15,23-24,32-33H,16-19H2,1-8H3. The lowest BCUT2D eigenvalue weighted by atomic mass is 9.73. The van der Waals surface area contributed by atoms with E-state index in [0.717, 1.165) is 42.4 Å². The molecule has 0 unspecified atom stereocenters. The maximum absolute atomic E-state index is 15.3. The SMILES string of the molecule is CC1(C)CC(c2ccc(-c3ccc(C4CC(C)(C)NC(C)(C)C4)c(F)c3)cc2)CC(C)(C)N1. The molecule has 0 atom stereocenters.